The fraction of sp³-hybridized carbons (Fsp3) is 0.550. The molecule has 0 bridgehead atoms. The van der Waals surface area contributed by atoms with Gasteiger partial charge in [-0.3, -0.25) is 4.98 Å². The summed E-state index contributed by atoms with van der Waals surface area (Å²) in [6.07, 6.45) is 12.4. The van der Waals surface area contributed by atoms with Gasteiger partial charge in [-0.1, -0.05) is 19.3 Å². The van der Waals surface area contributed by atoms with Crippen molar-refractivity contribution < 1.29 is 4.74 Å². The van der Waals surface area contributed by atoms with Crippen molar-refractivity contribution in [1.29, 1.82) is 0 Å². The van der Waals surface area contributed by atoms with Crippen LogP contribution in [-0.4, -0.2) is 40.2 Å². The van der Waals surface area contributed by atoms with Crippen molar-refractivity contribution in [2.24, 2.45) is 0 Å². The normalized spacial score (nSPS) is 20.8. The van der Waals surface area contributed by atoms with Crippen molar-refractivity contribution in [3.63, 3.8) is 0 Å². The van der Waals surface area contributed by atoms with Crippen molar-refractivity contribution in [2.75, 3.05) is 23.8 Å². The molecule has 0 amide bonds. The molecular weight excluding hydrogens is 326 g/mol. The SMILES string of the molecule is c1cc(-c2cc(NC[C@@H]3CCCO3)nc(NC3CCCCC3)n2)ccn1. The van der Waals surface area contributed by atoms with Crippen molar-refractivity contribution in [3.8, 4) is 11.3 Å². The predicted molar refractivity (Wildman–Crippen MR) is 103 cm³/mol. The number of rotatable bonds is 6. The minimum Gasteiger partial charge on any atom is -0.376 e. The molecular formula is C20H27N5O. The number of nitrogens with zero attached hydrogens (tertiary/aromatic N) is 3. The molecule has 2 aromatic heterocycles. The van der Waals surface area contributed by atoms with Crippen LogP contribution < -0.4 is 10.6 Å². The van der Waals surface area contributed by atoms with Gasteiger partial charge < -0.3 is 15.4 Å². The first-order chi connectivity index (χ1) is 12.9. The Balaban J connectivity index is 1.54. The Bertz CT molecular complexity index is 697. The first kappa shape index (κ1) is 17.2. The molecule has 0 spiro atoms. The van der Waals surface area contributed by atoms with Crippen LogP contribution in [0.1, 0.15) is 44.9 Å². The van der Waals surface area contributed by atoms with Gasteiger partial charge in [-0.2, -0.15) is 4.98 Å². The Morgan fingerprint density at radius 2 is 1.85 bits per heavy atom. The number of ether oxygens (including phenoxy) is 1. The highest BCUT2D eigenvalue weighted by atomic mass is 16.5. The second-order valence-electron chi connectivity index (χ2n) is 7.19. The fourth-order valence-electron chi connectivity index (χ4n) is 3.73. The average molecular weight is 353 g/mol. The molecule has 1 saturated heterocycles. The lowest BCUT2D eigenvalue weighted by atomic mass is 9.96. The van der Waals surface area contributed by atoms with Gasteiger partial charge in [0.1, 0.15) is 5.82 Å². The van der Waals surface area contributed by atoms with Gasteiger partial charge >= 0.3 is 0 Å². The lowest BCUT2D eigenvalue weighted by Gasteiger charge is -2.23. The van der Waals surface area contributed by atoms with Crippen LogP contribution in [0.4, 0.5) is 11.8 Å². The maximum atomic E-state index is 5.71. The average Bonchev–Trinajstić information content (AvgIpc) is 3.21. The quantitative estimate of drug-likeness (QED) is 0.821. The van der Waals surface area contributed by atoms with Crippen LogP contribution in [-0.2, 0) is 4.74 Å². The van der Waals surface area contributed by atoms with E-state index >= 15 is 0 Å². The maximum Gasteiger partial charge on any atom is 0.225 e. The third-order valence-electron chi connectivity index (χ3n) is 5.18. The first-order valence-electron chi connectivity index (χ1n) is 9.78. The Kier molecular flexibility index (Phi) is 5.59. The molecule has 6 heteroatoms. The molecule has 2 aromatic rings. The van der Waals surface area contributed by atoms with E-state index in [9.17, 15) is 0 Å². The predicted octanol–water partition coefficient (Wildman–Crippen LogP) is 3.87. The number of anilines is 2. The second kappa shape index (κ2) is 8.45. The Morgan fingerprint density at radius 1 is 1.00 bits per heavy atom. The standard InChI is InChI=1S/C20H27N5O/c1-2-5-16(6-3-1)23-20-24-18(15-8-10-21-11-9-15)13-19(25-20)22-14-17-7-4-12-26-17/h8-11,13,16-17H,1-7,12,14H2,(H2,22,23,24,25)/t17-/m0/s1. The van der Waals surface area contributed by atoms with Gasteiger partial charge in [0.05, 0.1) is 11.8 Å². The largest absolute Gasteiger partial charge is 0.376 e. The summed E-state index contributed by atoms with van der Waals surface area (Å²) in [5.41, 5.74) is 1.96. The molecule has 1 saturated carbocycles. The second-order valence-corrected chi connectivity index (χ2v) is 7.19. The zero-order chi connectivity index (χ0) is 17.6. The summed E-state index contributed by atoms with van der Waals surface area (Å²) in [5, 5.41) is 6.99. The molecule has 6 nitrogen and oxygen atoms in total. The molecule has 0 aromatic carbocycles. The van der Waals surface area contributed by atoms with Gasteiger partial charge in [-0.15, -0.1) is 0 Å². The zero-order valence-electron chi connectivity index (χ0n) is 15.2. The van der Waals surface area contributed by atoms with E-state index in [0.29, 0.717) is 12.0 Å². The molecule has 3 heterocycles. The number of aromatic nitrogens is 3. The summed E-state index contributed by atoms with van der Waals surface area (Å²) in [4.78, 5) is 13.6. The summed E-state index contributed by atoms with van der Waals surface area (Å²) in [7, 11) is 0. The molecule has 2 aliphatic rings. The van der Waals surface area contributed by atoms with Gasteiger partial charge in [0.25, 0.3) is 0 Å². The minimum atomic E-state index is 0.282. The minimum absolute atomic E-state index is 0.282. The molecule has 0 unspecified atom stereocenters. The van der Waals surface area contributed by atoms with Crippen LogP contribution in [0, 0.1) is 0 Å². The molecule has 2 fully saturated rings. The third kappa shape index (κ3) is 4.49. The highest BCUT2D eigenvalue weighted by Gasteiger charge is 2.17. The van der Waals surface area contributed by atoms with E-state index in [4.69, 9.17) is 14.7 Å². The van der Waals surface area contributed by atoms with Crippen LogP contribution in [0.2, 0.25) is 0 Å². The van der Waals surface area contributed by atoms with Gasteiger partial charge in [0.15, 0.2) is 0 Å². The van der Waals surface area contributed by atoms with E-state index < -0.39 is 0 Å². The van der Waals surface area contributed by atoms with Crippen LogP contribution >= 0.6 is 0 Å². The lowest BCUT2D eigenvalue weighted by Crippen LogP contribution is -2.24. The highest BCUT2D eigenvalue weighted by molar-refractivity contribution is 5.64. The van der Waals surface area contributed by atoms with Crippen LogP contribution in [0.5, 0.6) is 0 Å². The Morgan fingerprint density at radius 3 is 2.62 bits per heavy atom. The van der Waals surface area contributed by atoms with Gasteiger partial charge in [0.2, 0.25) is 5.95 Å². The van der Waals surface area contributed by atoms with Crippen LogP contribution in [0.3, 0.4) is 0 Å². The maximum absolute atomic E-state index is 5.71. The monoisotopic (exact) mass is 353 g/mol. The molecule has 138 valence electrons. The summed E-state index contributed by atoms with van der Waals surface area (Å²) in [6.45, 7) is 1.66. The smallest absolute Gasteiger partial charge is 0.225 e. The zero-order valence-corrected chi connectivity index (χ0v) is 15.2. The van der Waals surface area contributed by atoms with Gasteiger partial charge in [-0.25, -0.2) is 4.98 Å². The molecule has 26 heavy (non-hydrogen) atoms. The molecule has 1 atom stereocenters. The number of nitrogens with one attached hydrogen (secondary N) is 2. The van der Waals surface area contributed by atoms with Gasteiger partial charge in [-0.05, 0) is 37.8 Å². The fourth-order valence-corrected chi connectivity index (χ4v) is 3.73. The number of hydrogen-bond acceptors (Lipinski definition) is 6. The number of pyridine rings is 1. The Hall–Kier alpha value is -2.21. The lowest BCUT2D eigenvalue weighted by molar-refractivity contribution is 0.120. The van der Waals surface area contributed by atoms with E-state index in [-0.39, 0.29) is 6.10 Å². The summed E-state index contributed by atoms with van der Waals surface area (Å²) >= 11 is 0. The van der Waals surface area contributed by atoms with Crippen LogP contribution in [0.25, 0.3) is 11.3 Å². The highest BCUT2D eigenvalue weighted by Crippen LogP contribution is 2.24. The third-order valence-corrected chi connectivity index (χ3v) is 5.18. The van der Waals surface area contributed by atoms with Crippen LogP contribution in [0.15, 0.2) is 30.6 Å². The topological polar surface area (TPSA) is 72.0 Å². The first-order valence-corrected chi connectivity index (χ1v) is 9.78. The van der Waals surface area contributed by atoms with E-state index in [0.717, 1.165) is 43.1 Å². The van der Waals surface area contributed by atoms with Crippen molar-refractivity contribution >= 4 is 11.8 Å². The number of hydrogen-bond donors (Lipinski definition) is 2. The molecule has 1 aliphatic carbocycles. The van der Waals surface area contributed by atoms with Crippen molar-refractivity contribution in [1.82, 2.24) is 15.0 Å². The molecule has 0 radical (unpaired) electrons. The summed E-state index contributed by atoms with van der Waals surface area (Å²) < 4.78 is 5.71. The molecule has 1 aliphatic heterocycles. The van der Waals surface area contributed by atoms with E-state index in [2.05, 4.69) is 15.6 Å². The van der Waals surface area contributed by atoms with E-state index in [1.807, 2.05) is 18.2 Å². The van der Waals surface area contributed by atoms with E-state index in [1.54, 1.807) is 12.4 Å². The van der Waals surface area contributed by atoms with Crippen molar-refractivity contribution in [3.05, 3.63) is 30.6 Å². The Labute approximate surface area is 154 Å². The molecule has 4 rings (SSSR count). The summed E-state index contributed by atoms with van der Waals surface area (Å²) in [5.74, 6) is 1.56. The van der Waals surface area contributed by atoms with Gasteiger partial charge in [0, 0.05) is 43.2 Å². The van der Waals surface area contributed by atoms with E-state index in [1.165, 1.54) is 32.1 Å². The molecule has 2 N–H and O–H groups in total. The van der Waals surface area contributed by atoms with Crippen molar-refractivity contribution in [2.45, 2.75) is 57.1 Å². The summed E-state index contributed by atoms with van der Waals surface area (Å²) in [6, 6.07) is 6.45.